The fraction of sp³-hybridized carbons (Fsp3) is 0.136. The van der Waals surface area contributed by atoms with Crippen LogP contribution in [0.1, 0.15) is 38.2 Å². The van der Waals surface area contributed by atoms with Crippen molar-refractivity contribution < 1.29 is 4.79 Å². The molecule has 0 saturated heterocycles. The maximum atomic E-state index is 12.3. The van der Waals surface area contributed by atoms with Gasteiger partial charge in [-0.1, -0.05) is 24.3 Å². The SMILES string of the molecule is CNC(=O)c1cn(Cc2cccc(C#N)c2)cc1Cc1ccc(C#N)cc1. The van der Waals surface area contributed by atoms with E-state index >= 15 is 0 Å². The molecule has 0 spiro atoms. The molecule has 27 heavy (non-hydrogen) atoms. The molecule has 2 aromatic carbocycles. The van der Waals surface area contributed by atoms with Gasteiger partial charge in [-0.25, -0.2) is 0 Å². The Morgan fingerprint density at radius 2 is 1.74 bits per heavy atom. The van der Waals surface area contributed by atoms with Crippen LogP contribution in [0.4, 0.5) is 0 Å². The minimum Gasteiger partial charge on any atom is -0.355 e. The fourth-order valence-corrected chi connectivity index (χ4v) is 2.99. The molecule has 0 unspecified atom stereocenters. The van der Waals surface area contributed by atoms with E-state index < -0.39 is 0 Å². The summed E-state index contributed by atoms with van der Waals surface area (Å²) in [6, 6.07) is 19.0. The van der Waals surface area contributed by atoms with Gasteiger partial charge in [0.1, 0.15) is 0 Å². The minimum absolute atomic E-state index is 0.136. The first kappa shape index (κ1) is 18.0. The Balaban J connectivity index is 1.89. The van der Waals surface area contributed by atoms with Crippen LogP contribution < -0.4 is 5.32 Å². The lowest BCUT2D eigenvalue weighted by molar-refractivity contribution is 0.0962. The van der Waals surface area contributed by atoms with Crippen molar-refractivity contribution in [3.8, 4) is 12.1 Å². The zero-order valence-corrected chi connectivity index (χ0v) is 14.9. The monoisotopic (exact) mass is 354 g/mol. The van der Waals surface area contributed by atoms with Crippen LogP contribution in [0.5, 0.6) is 0 Å². The zero-order chi connectivity index (χ0) is 19.2. The molecule has 0 aliphatic carbocycles. The van der Waals surface area contributed by atoms with Crippen molar-refractivity contribution in [3.63, 3.8) is 0 Å². The summed E-state index contributed by atoms with van der Waals surface area (Å²) in [7, 11) is 1.61. The first-order valence-electron chi connectivity index (χ1n) is 8.51. The number of hydrogen-bond acceptors (Lipinski definition) is 3. The Kier molecular flexibility index (Phi) is 5.35. The number of nitrogens with zero attached hydrogens (tertiary/aromatic N) is 3. The Labute approximate surface area is 158 Å². The van der Waals surface area contributed by atoms with Gasteiger partial charge in [-0.15, -0.1) is 0 Å². The van der Waals surface area contributed by atoms with Crippen molar-refractivity contribution in [1.82, 2.24) is 9.88 Å². The van der Waals surface area contributed by atoms with Gasteiger partial charge in [0.2, 0.25) is 0 Å². The number of nitriles is 2. The molecule has 1 amide bonds. The molecule has 1 heterocycles. The number of hydrogen-bond donors (Lipinski definition) is 1. The Morgan fingerprint density at radius 3 is 2.41 bits per heavy atom. The van der Waals surface area contributed by atoms with E-state index in [2.05, 4.69) is 17.5 Å². The molecule has 0 atom stereocenters. The molecule has 5 heteroatoms. The number of amides is 1. The quantitative estimate of drug-likeness (QED) is 0.764. The first-order chi connectivity index (χ1) is 13.1. The molecular weight excluding hydrogens is 336 g/mol. The topological polar surface area (TPSA) is 81.6 Å². The number of benzene rings is 2. The lowest BCUT2D eigenvalue weighted by Gasteiger charge is -2.04. The van der Waals surface area contributed by atoms with E-state index in [0.29, 0.717) is 29.7 Å². The van der Waals surface area contributed by atoms with Gasteiger partial charge in [-0.05, 0) is 47.4 Å². The normalized spacial score (nSPS) is 10.0. The number of carbonyl (C=O) groups excluding carboxylic acids is 1. The smallest absolute Gasteiger partial charge is 0.252 e. The van der Waals surface area contributed by atoms with Crippen LogP contribution in [0.15, 0.2) is 60.9 Å². The molecule has 0 aliphatic heterocycles. The van der Waals surface area contributed by atoms with Crippen LogP contribution in [-0.4, -0.2) is 17.5 Å². The van der Waals surface area contributed by atoms with Crippen LogP contribution in [0.2, 0.25) is 0 Å². The van der Waals surface area contributed by atoms with Gasteiger partial charge < -0.3 is 9.88 Å². The lowest BCUT2D eigenvalue weighted by atomic mass is 10.0. The van der Waals surface area contributed by atoms with E-state index in [-0.39, 0.29) is 5.91 Å². The van der Waals surface area contributed by atoms with Gasteiger partial charge >= 0.3 is 0 Å². The number of rotatable bonds is 5. The molecule has 0 saturated carbocycles. The molecule has 3 aromatic rings. The molecular formula is C22H18N4O. The maximum Gasteiger partial charge on any atom is 0.252 e. The van der Waals surface area contributed by atoms with Crippen LogP contribution in [0, 0.1) is 22.7 Å². The van der Waals surface area contributed by atoms with Crippen molar-refractivity contribution in [2.45, 2.75) is 13.0 Å². The second-order valence-electron chi connectivity index (χ2n) is 6.25. The molecule has 0 bridgehead atoms. The van der Waals surface area contributed by atoms with Crippen molar-refractivity contribution in [2.75, 3.05) is 7.05 Å². The van der Waals surface area contributed by atoms with E-state index in [0.717, 1.165) is 16.7 Å². The molecule has 0 radical (unpaired) electrons. The predicted molar refractivity (Wildman–Crippen MR) is 102 cm³/mol. The summed E-state index contributed by atoms with van der Waals surface area (Å²) in [5.41, 5.74) is 4.79. The highest BCUT2D eigenvalue weighted by molar-refractivity contribution is 5.95. The van der Waals surface area contributed by atoms with Crippen LogP contribution >= 0.6 is 0 Å². The first-order valence-corrected chi connectivity index (χ1v) is 8.51. The van der Waals surface area contributed by atoms with E-state index in [1.54, 1.807) is 25.2 Å². The highest BCUT2D eigenvalue weighted by Crippen LogP contribution is 2.18. The van der Waals surface area contributed by atoms with Gasteiger partial charge in [-0.3, -0.25) is 4.79 Å². The van der Waals surface area contributed by atoms with Crippen molar-refractivity contribution in [3.05, 3.63) is 94.3 Å². The van der Waals surface area contributed by atoms with Crippen LogP contribution in [-0.2, 0) is 13.0 Å². The predicted octanol–water partition coefficient (Wildman–Crippen LogP) is 3.23. The average molecular weight is 354 g/mol. The molecule has 1 aromatic heterocycles. The van der Waals surface area contributed by atoms with Gasteiger partial charge in [0.15, 0.2) is 0 Å². The van der Waals surface area contributed by atoms with Crippen molar-refractivity contribution in [2.24, 2.45) is 0 Å². The summed E-state index contributed by atoms with van der Waals surface area (Å²) in [6.45, 7) is 0.576. The third-order valence-electron chi connectivity index (χ3n) is 4.33. The minimum atomic E-state index is -0.136. The van der Waals surface area contributed by atoms with E-state index in [1.165, 1.54) is 0 Å². The standard InChI is InChI=1S/C22H18N4O/c1-25-22(27)21-15-26(13-19-4-2-3-18(9-19)12-24)14-20(21)10-16-5-7-17(11-23)8-6-16/h2-9,14-15H,10,13H2,1H3,(H,25,27). The Hall–Kier alpha value is -3.83. The molecule has 3 rings (SSSR count). The van der Waals surface area contributed by atoms with E-state index in [1.807, 2.05) is 47.3 Å². The highest BCUT2D eigenvalue weighted by Gasteiger charge is 2.14. The molecule has 5 nitrogen and oxygen atoms in total. The highest BCUT2D eigenvalue weighted by atomic mass is 16.1. The van der Waals surface area contributed by atoms with Crippen LogP contribution in [0.3, 0.4) is 0 Å². The largest absolute Gasteiger partial charge is 0.355 e. The van der Waals surface area contributed by atoms with E-state index in [4.69, 9.17) is 10.5 Å². The Bertz CT molecular complexity index is 1050. The third-order valence-corrected chi connectivity index (χ3v) is 4.33. The summed E-state index contributed by atoms with van der Waals surface area (Å²) in [4.78, 5) is 12.3. The second kappa shape index (κ2) is 8.03. The van der Waals surface area contributed by atoms with Crippen molar-refractivity contribution in [1.29, 1.82) is 10.5 Å². The average Bonchev–Trinajstić information content (AvgIpc) is 3.10. The number of nitrogens with one attached hydrogen (secondary N) is 1. The molecule has 0 aliphatic rings. The van der Waals surface area contributed by atoms with Gasteiger partial charge in [0, 0.05) is 26.0 Å². The van der Waals surface area contributed by atoms with Gasteiger partial charge in [0.05, 0.1) is 28.8 Å². The molecule has 132 valence electrons. The molecule has 1 N–H and O–H groups in total. The maximum absolute atomic E-state index is 12.3. The second-order valence-corrected chi connectivity index (χ2v) is 6.25. The summed E-state index contributed by atoms with van der Waals surface area (Å²) in [6.07, 6.45) is 4.39. The molecule has 0 fully saturated rings. The summed E-state index contributed by atoms with van der Waals surface area (Å²) < 4.78 is 1.96. The van der Waals surface area contributed by atoms with Gasteiger partial charge in [0.25, 0.3) is 5.91 Å². The van der Waals surface area contributed by atoms with E-state index in [9.17, 15) is 4.79 Å². The summed E-state index contributed by atoms with van der Waals surface area (Å²) in [5, 5.41) is 20.7. The Morgan fingerprint density at radius 1 is 1.00 bits per heavy atom. The van der Waals surface area contributed by atoms with Crippen LogP contribution in [0.25, 0.3) is 0 Å². The lowest BCUT2D eigenvalue weighted by Crippen LogP contribution is -2.18. The summed E-state index contributed by atoms with van der Waals surface area (Å²) >= 11 is 0. The zero-order valence-electron chi connectivity index (χ0n) is 14.9. The summed E-state index contributed by atoms with van der Waals surface area (Å²) in [5.74, 6) is -0.136. The third kappa shape index (κ3) is 4.23. The van der Waals surface area contributed by atoms with Gasteiger partial charge in [-0.2, -0.15) is 10.5 Å². The number of aromatic nitrogens is 1. The number of carbonyl (C=O) groups is 1. The fourth-order valence-electron chi connectivity index (χ4n) is 2.99. The van der Waals surface area contributed by atoms with Crippen molar-refractivity contribution >= 4 is 5.91 Å².